The van der Waals surface area contributed by atoms with Crippen LogP contribution in [0.2, 0.25) is 0 Å². The van der Waals surface area contributed by atoms with Gasteiger partial charge in [-0.25, -0.2) is 0 Å². The molecule has 16 heavy (non-hydrogen) atoms. The van der Waals surface area contributed by atoms with Crippen molar-refractivity contribution in [2.24, 2.45) is 0 Å². The Balaban J connectivity index is 2.05. The van der Waals surface area contributed by atoms with Crippen LogP contribution in [0.4, 0.5) is 0 Å². The average molecular weight is 225 g/mol. The molecule has 0 unspecified atom stereocenters. The van der Waals surface area contributed by atoms with E-state index in [2.05, 4.69) is 35.7 Å². The summed E-state index contributed by atoms with van der Waals surface area (Å²) in [7, 11) is 2.19. The summed E-state index contributed by atoms with van der Waals surface area (Å²) in [5.41, 5.74) is 1.28. The Bertz CT molecular complexity index is 197. The Morgan fingerprint density at radius 3 is 2.69 bits per heavy atom. The van der Waals surface area contributed by atoms with E-state index in [1.165, 1.54) is 38.0 Å². The number of rotatable bonds is 8. The normalized spacial score (nSPS) is 17.2. The number of likely N-dealkylation sites (tertiary alicyclic amines) is 1. The maximum absolute atomic E-state index is 4.09. The molecule has 0 spiro atoms. The minimum absolute atomic E-state index is 0.949. The van der Waals surface area contributed by atoms with Gasteiger partial charge in [0.25, 0.3) is 0 Å². The van der Waals surface area contributed by atoms with Crippen molar-refractivity contribution in [1.82, 2.24) is 15.1 Å². The molecule has 0 amide bonds. The Morgan fingerprint density at radius 1 is 1.38 bits per heavy atom. The van der Waals surface area contributed by atoms with Gasteiger partial charge in [0.2, 0.25) is 0 Å². The molecule has 1 heterocycles. The van der Waals surface area contributed by atoms with E-state index >= 15 is 0 Å². The lowest BCUT2D eigenvalue weighted by Crippen LogP contribution is -2.33. The lowest BCUT2D eigenvalue weighted by molar-refractivity contribution is 0.267. The maximum atomic E-state index is 4.09. The Kier molecular flexibility index (Phi) is 6.69. The lowest BCUT2D eigenvalue weighted by atomic mass is 10.3. The van der Waals surface area contributed by atoms with Gasteiger partial charge in [0.1, 0.15) is 0 Å². The smallest absolute Gasteiger partial charge is 0.0200 e. The van der Waals surface area contributed by atoms with Gasteiger partial charge in [-0.3, -0.25) is 0 Å². The van der Waals surface area contributed by atoms with Gasteiger partial charge in [0, 0.05) is 26.2 Å². The summed E-state index contributed by atoms with van der Waals surface area (Å²) >= 11 is 0. The molecule has 3 nitrogen and oxygen atoms in total. The fourth-order valence-electron chi connectivity index (χ4n) is 2.14. The van der Waals surface area contributed by atoms with E-state index in [1.807, 2.05) is 0 Å². The van der Waals surface area contributed by atoms with Crippen molar-refractivity contribution >= 4 is 0 Å². The Morgan fingerprint density at radius 2 is 2.06 bits per heavy atom. The van der Waals surface area contributed by atoms with Gasteiger partial charge in [-0.05, 0) is 45.1 Å². The van der Waals surface area contributed by atoms with Crippen LogP contribution in [0.25, 0.3) is 0 Å². The highest BCUT2D eigenvalue weighted by Crippen LogP contribution is 2.06. The summed E-state index contributed by atoms with van der Waals surface area (Å²) in [5.74, 6) is 0. The van der Waals surface area contributed by atoms with Crippen LogP contribution >= 0.6 is 0 Å². The number of nitrogens with one attached hydrogen (secondary N) is 1. The SMILES string of the molecule is C=C(CNCC)CN(C)CCN1CCCC1. The van der Waals surface area contributed by atoms with Crippen LogP contribution in [-0.2, 0) is 0 Å². The molecule has 1 rings (SSSR count). The summed E-state index contributed by atoms with van der Waals surface area (Å²) < 4.78 is 0. The standard InChI is InChI=1S/C13H27N3/c1-4-14-11-13(2)12-15(3)9-10-16-7-5-6-8-16/h14H,2,4-12H2,1,3H3. The second-order valence-electron chi connectivity index (χ2n) is 4.82. The van der Waals surface area contributed by atoms with Crippen molar-refractivity contribution in [3.63, 3.8) is 0 Å². The molecule has 0 aromatic carbocycles. The van der Waals surface area contributed by atoms with Crippen molar-refractivity contribution in [1.29, 1.82) is 0 Å². The maximum Gasteiger partial charge on any atom is 0.0200 e. The third-order valence-corrected chi connectivity index (χ3v) is 3.12. The predicted octanol–water partition coefficient (Wildman–Crippen LogP) is 1.18. The predicted molar refractivity (Wildman–Crippen MR) is 70.9 cm³/mol. The quantitative estimate of drug-likeness (QED) is 0.626. The molecule has 0 radical (unpaired) electrons. The molecule has 1 aliphatic heterocycles. The number of nitrogens with zero attached hydrogens (tertiary/aromatic N) is 2. The monoisotopic (exact) mass is 225 g/mol. The fourth-order valence-corrected chi connectivity index (χ4v) is 2.14. The largest absolute Gasteiger partial charge is 0.313 e. The molecule has 0 aromatic rings. The first kappa shape index (κ1) is 13.7. The number of hydrogen-bond donors (Lipinski definition) is 1. The Hall–Kier alpha value is -0.380. The molecule has 0 aliphatic carbocycles. The van der Waals surface area contributed by atoms with Crippen molar-refractivity contribution in [3.8, 4) is 0 Å². The summed E-state index contributed by atoms with van der Waals surface area (Å²) in [6.45, 7) is 14.2. The summed E-state index contributed by atoms with van der Waals surface area (Å²) in [4.78, 5) is 4.93. The second-order valence-corrected chi connectivity index (χ2v) is 4.82. The molecule has 1 N–H and O–H groups in total. The first-order valence-corrected chi connectivity index (χ1v) is 6.50. The van der Waals surface area contributed by atoms with E-state index in [0.29, 0.717) is 0 Å². The second kappa shape index (κ2) is 7.82. The van der Waals surface area contributed by atoms with Crippen molar-refractivity contribution in [2.75, 3.05) is 52.9 Å². The van der Waals surface area contributed by atoms with Gasteiger partial charge in [-0.1, -0.05) is 13.5 Å². The highest BCUT2D eigenvalue weighted by molar-refractivity contribution is 4.99. The van der Waals surface area contributed by atoms with Gasteiger partial charge in [-0.15, -0.1) is 0 Å². The summed E-state index contributed by atoms with van der Waals surface area (Å²) in [5, 5.41) is 3.31. The van der Waals surface area contributed by atoms with Gasteiger partial charge in [0.15, 0.2) is 0 Å². The van der Waals surface area contributed by atoms with Gasteiger partial charge >= 0.3 is 0 Å². The first-order chi connectivity index (χ1) is 7.72. The highest BCUT2D eigenvalue weighted by atomic mass is 15.2. The minimum Gasteiger partial charge on any atom is -0.313 e. The highest BCUT2D eigenvalue weighted by Gasteiger charge is 2.11. The minimum atomic E-state index is 0.949. The fraction of sp³-hybridized carbons (Fsp3) is 0.846. The molecule has 0 atom stereocenters. The number of hydrogen-bond acceptors (Lipinski definition) is 3. The molecule has 0 saturated carbocycles. The molecular weight excluding hydrogens is 198 g/mol. The van der Waals surface area contributed by atoms with Gasteiger partial charge in [0.05, 0.1) is 0 Å². The van der Waals surface area contributed by atoms with Crippen LogP contribution in [0.5, 0.6) is 0 Å². The van der Waals surface area contributed by atoms with Crippen molar-refractivity contribution < 1.29 is 0 Å². The molecular formula is C13H27N3. The van der Waals surface area contributed by atoms with E-state index in [4.69, 9.17) is 0 Å². The molecule has 3 heteroatoms. The third-order valence-electron chi connectivity index (χ3n) is 3.12. The van der Waals surface area contributed by atoms with Crippen LogP contribution in [0.15, 0.2) is 12.2 Å². The zero-order valence-corrected chi connectivity index (χ0v) is 11.0. The molecule has 1 saturated heterocycles. The molecule has 1 fully saturated rings. The van der Waals surface area contributed by atoms with Crippen LogP contribution in [-0.4, -0.2) is 62.7 Å². The summed E-state index contributed by atoms with van der Waals surface area (Å²) in [6.07, 6.45) is 2.77. The zero-order chi connectivity index (χ0) is 11.8. The van der Waals surface area contributed by atoms with Crippen molar-refractivity contribution in [2.45, 2.75) is 19.8 Å². The van der Waals surface area contributed by atoms with Crippen LogP contribution in [0, 0.1) is 0 Å². The first-order valence-electron chi connectivity index (χ1n) is 6.50. The number of likely N-dealkylation sites (N-methyl/N-ethyl adjacent to an activating group) is 2. The van der Waals surface area contributed by atoms with E-state index in [-0.39, 0.29) is 0 Å². The molecule has 1 aliphatic rings. The molecule has 0 aromatic heterocycles. The molecule has 0 bridgehead atoms. The van der Waals surface area contributed by atoms with Gasteiger partial charge in [-0.2, -0.15) is 0 Å². The average Bonchev–Trinajstić information content (AvgIpc) is 2.76. The van der Waals surface area contributed by atoms with Crippen molar-refractivity contribution in [3.05, 3.63) is 12.2 Å². The van der Waals surface area contributed by atoms with E-state index < -0.39 is 0 Å². The lowest BCUT2D eigenvalue weighted by Gasteiger charge is -2.22. The molecule has 94 valence electrons. The summed E-state index contributed by atoms with van der Waals surface area (Å²) in [6, 6.07) is 0. The van der Waals surface area contributed by atoms with Crippen LogP contribution in [0.3, 0.4) is 0 Å². The van der Waals surface area contributed by atoms with E-state index in [1.54, 1.807) is 0 Å². The topological polar surface area (TPSA) is 18.5 Å². The van der Waals surface area contributed by atoms with Crippen LogP contribution in [0.1, 0.15) is 19.8 Å². The van der Waals surface area contributed by atoms with Gasteiger partial charge < -0.3 is 15.1 Å². The third kappa shape index (κ3) is 5.64. The zero-order valence-electron chi connectivity index (χ0n) is 11.0. The van der Waals surface area contributed by atoms with Crippen LogP contribution < -0.4 is 5.32 Å². The Labute approximate surface area is 100 Å². The van der Waals surface area contributed by atoms with E-state index in [9.17, 15) is 0 Å². The van der Waals surface area contributed by atoms with E-state index in [0.717, 1.165) is 26.2 Å².